The molecule has 0 atom stereocenters. The van der Waals surface area contributed by atoms with Crippen molar-refractivity contribution in [1.29, 1.82) is 0 Å². The van der Waals surface area contributed by atoms with Crippen molar-refractivity contribution in [2.24, 2.45) is 0 Å². The highest BCUT2D eigenvalue weighted by molar-refractivity contribution is 6.91. The zero-order valence-corrected chi connectivity index (χ0v) is 23.1. The van der Waals surface area contributed by atoms with Crippen molar-refractivity contribution < 1.29 is 12.3 Å². The summed E-state index contributed by atoms with van der Waals surface area (Å²) in [6, 6.07) is 2.19. The number of hydrogen-bond donors (Lipinski definition) is 0. The van der Waals surface area contributed by atoms with Gasteiger partial charge in [0.25, 0.3) is 0 Å². The van der Waals surface area contributed by atoms with Crippen LogP contribution in [0.5, 0.6) is 0 Å². The molecule has 0 spiro atoms. The Labute approximate surface area is 146 Å². The molecule has 3 nitrogen and oxygen atoms in total. The predicted molar refractivity (Wildman–Crippen MR) is 112 cm³/mol. The van der Waals surface area contributed by atoms with E-state index in [4.69, 9.17) is 12.3 Å². The highest BCUT2D eigenvalue weighted by Gasteiger charge is 2.52. The third-order valence-electron chi connectivity index (χ3n) is 3.70. The molecule has 0 aliphatic rings. The van der Waals surface area contributed by atoms with Gasteiger partial charge in [-0.2, -0.15) is 0 Å². The lowest BCUT2D eigenvalue weighted by Crippen LogP contribution is -2.62. The van der Waals surface area contributed by atoms with Gasteiger partial charge in [0.05, 0.1) is 0 Å². The molecule has 0 aliphatic carbocycles. The highest BCUT2D eigenvalue weighted by Crippen LogP contribution is 2.41. The summed E-state index contributed by atoms with van der Waals surface area (Å²) in [6.07, 6.45) is 0. The summed E-state index contributed by atoms with van der Waals surface area (Å²) < 4.78 is 20.3. The van der Waals surface area contributed by atoms with Gasteiger partial charge in [-0.25, -0.2) is 0 Å². The monoisotopic (exact) mass is 396 g/mol. The second kappa shape index (κ2) is 7.46. The molecule has 0 saturated carbocycles. The Hall–Kier alpha value is 0.964. The molecule has 0 saturated heterocycles. The van der Waals surface area contributed by atoms with Crippen molar-refractivity contribution in [3.63, 3.8) is 0 Å². The molecular formula is C14H40O3Si5. The molecule has 0 N–H and O–H groups in total. The third-order valence-corrected chi connectivity index (χ3v) is 20.6. The lowest BCUT2D eigenvalue weighted by Gasteiger charge is -2.47. The minimum atomic E-state index is -2.59. The fourth-order valence-electron chi connectivity index (χ4n) is 2.00. The molecule has 0 aromatic carbocycles. The van der Waals surface area contributed by atoms with Gasteiger partial charge >= 0.3 is 8.80 Å². The minimum absolute atomic E-state index is 0.183. The van der Waals surface area contributed by atoms with Gasteiger partial charge in [-0.3, -0.25) is 0 Å². The largest absolute Gasteiger partial charge is 0.469 e. The van der Waals surface area contributed by atoms with Crippen molar-refractivity contribution in [2.75, 3.05) is 0 Å². The molecule has 0 aromatic heterocycles. The van der Waals surface area contributed by atoms with Crippen molar-refractivity contribution in [2.45, 2.75) is 90.3 Å². The van der Waals surface area contributed by atoms with Crippen LogP contribution in [0.3, 0.4) is 0 Å². The standard InChI is InChI=1S/C14H40O3Si5/c1-14(2,3)21(10,11)17-22(13-12-18,15-19(4,5)6)16-20(7,8)9/h12-13H2,1-11,18H3. The Morgan fingerprint density at radius 1 is 0.727 bits per heavy atom. The molecule has 0 bridgehead atoms. The minimum Gasteiger partial charge on any atom is -0.417 e. The van der Waals surface area contributed by atoms with Gasteiger partial charge in [0.2, 0.25) is 0 Å². The van der Waals surface area contributed by atoms with Gasteiger partial charge in [-0.15, -0.1) is 0 Å². The lowest BCUT2D eigenvalue weighted by atomic mass is 10.2. The van der Waals surface area contributed by atoms with Crippen molar-refractivity contribution >= 4 is 44.0 Å². The zero-order valence-electron chi connectivity index (χ0n) is 17.1. The molecule has 0 heterocycles. The van der Waals surface area contributed by atoms with Gasteiger partial charge < -0.3 is 12.3 Å². The zero-order chi connectivity index (χ0) is 18.0. The van der Waals surface area contributed by atoms with Gasteiger partial charge in [0, 0.05) is 16.3 Å². The molecule has 22 heavy (non-hydrogen) atoms. The summed E-state index contributed by atoms with van der Waals surface area (Å²) in [4.78, 5) is 0. The van der Waals surface area contributed by atoms with E-state index in [-0.39, 0.29) is 5.04 Å². The Bertz CT molecular complexity index is 337. The van der Waals surface area contributed by atoms with E-state index in [1.807, 2.05) is 0 Å². The summed E-state index contributed by atoms with van der Waals surface area (Å²) in [7, 11) is -6.76. The second-order valence-electron chi connectivity index (χ2n) is 9.72. The second-order valence-corrected chi connectivity index (χ2v) is 28.0. The SMILES string of the molecule is CC(C)(C)[Si](C)(C)O[Si](CC[SiH3])(O[Si](C)(C)C)O[Si](C)(C)C. The first-order valence-electron chi connectivity index (χ1n) is 8.54. The molecule has 0 aromatic rings. The summed E-state index contributed by atoms with van der Waals surface area (Å²) in [5, 5.41) is 0.183. The fourth-order valence-corrected chi connectivity index (χ4v) is 19.1. The third kappa shape index (κ3) is 8.18. The average molecular weight is 397 g/mol. The Balaban J connectivity index is 5.73. The van der Waals surface area contributed by atoms with Crippen LogP contribution < -0.4 is 0 Å². The summed E-state index contributed by atoms with van der Waals surface area (Å²) >= 11 is 0. The first-order chi connectivity index (χ1) is 9.43. The lowest BCUT2D eigenvalue weighted by molar-refractivity contribution is 0.245. The molecule has 0 aliphatic heterocycles. The molecule has 0 radical (unpaired) electrons. The Morgan fingerprint density at radius 3 is 1.32 bits per heavy atom. The van der Waals surface area contributed by atoms with Crippen LogP contribution in [-0.4, -0.2) is 44.0 Å². The first kappa shape index (κ1) is 23.0. The summed E-state index contributed by atoms with van der Waals surface area (Å²) in [6.45, 7) is 25.1. The van der Waals surface area contributed by atoms with Crippen LogP contribution in [0.2, 0.25) is 69.5 Å². The van der Waals surface area contributed by atoms with Crippen molar-refractivity contribution in [3.05, 3.63) is 0 Å². The van der Waals surface area contributed by atoms with Crippen molar-refractivity contribution in [1.82, 2.24) is 0 Å². The summed E-state index contributed by atoms with van der Waals surface area (Å²) in [5.41, 5.74) is 0. The predicted octanol–water partition coefficient (Wildman–Crippen LogP) is 4.43. The highest BCUT2D eigenvalue weighted by atomic mass is 28.5. The molecule has 0 unspecified atom stereocenters. The maximum Gasteiger partial charge on any atom is 0.469 e. The van der Waals surface area contributed by atoms with Crippen LogP contribution in [0.25, 0.3) is 0 Å². The van der Waals surface area contributed by atoms with E-state index in [1.165, 1.54) is 16.3 Å². The van der Waals surface area contributed by atoms with Gasteiger partial charge in [-0.05, 0) is 57.4 Å². The van der Waals surface area contributed by atoms with E-state index in [9.17, 15) is 0 Å². The summed E-state index contributed by atoms with van der Waals surface area (Å²) in [5.74, 6) is 0. The molecule has 0 rings (SSSR count). The van der Waals surface area contributed by atoms with Crippen LogP contribution in [0, 0.1) is 0 Å². The Morgan fingerprint density at radius 2 is 1.09 bits per heavy atom. The Kier molecular flexibility index (Phi) is 7.79. The smallest absolute Gasteiger partial charge is 0.417 e. The van der Waals surface area contributed by atoms with Crippen LogP contribution >= 0.6 is 0 Å². The molecular weight excluding hydrogens is 357 g/mol. The quantitative estimate of drug-likeness (QED) is 0.568. The van der Waals surface area contributed by atoms with Crippen LogP contribution in [0.1, 0.15) is 20.8 Å². The fraction of sp³-hybridized carbons (Fsp3) is 1.00. The van der Waals surface area contributed by atoms with Gasteiger partial charge in [0.15, 0.2) is 25.0 Å². The molecule has 8 heteroatoms. The molecule has 134 valence electrons. The normalized spacial score (nSPS) is 15.4. The maximum atomic E-state index is 6.91. The topological polar surface area (TPSA) is 27.7 Å². The molecule has 0 fully saturated rings. The van der Waals surface area contributed by atoms with Crippen LogP contribution in [0.4, 0.5) is 0 Å². The van der Waals surface area contributed by atoms with E-state index in [2.05, 4.69) is 73.1 Å². The van der Waals surface area contributed by atoms with Gasteiger partial charge in [-0.1, -0.05) is 26.8 Å². The number of hydrogen-bond acceptors (Lipinski definition) is 3. The van der Waals surface area contributed by atoms with E-state index < -0.39 is 33.8 Å². The first-order valence-corrected chi connectivity index (χ1v) is 21.6. The maximum absolute atomic E-state index is 6.91. The average Bonchev–Trinajstić information content (AvgIpc) is 2.07. The van der Waals surface area contributed by atoms with Crippen molar-refractivity contribution in [3.8, 4) is 0 Å². The van der Waals surface area contributed by atoms with E-state index in [0.29, 0.717) is 0 Å². The van der Waals surface area contributed by atoms with E-state index in [1.54, 1.807) is 0 Å². The van der Waals surface area contributed by atoms with Gasteiger partial charge in [0.1, 0.15) is 0 Å². The van der Waals surface area contributed by atoms with E-state index in [0.717, 1.165) is 6.04 Å². The molecule has 0 amide bonds. The van der Waals surface area contributed by atoms with Crippen LogP contribution in [0.15, 0.2) is 0 Å². The van der Waals surface area contributed by atoms with Crippen LogP contribution in [-0.2, 0) is 12.3 Å². The number of rotatable bonds is 8. The van der Waals surface area contributed by atoms with E-state index >= 15 is 0 Å².